The van der Waals surface area contributed by atoms with Crippen LogP contribution < -0.4 is 10.5 Å². The lowest BCUT2D eigenvalue weighted by Crippen LogP contribution is -2.36. The minimum Gasteiger partial charge on any atom is -0.322 e. The molecular formula is C21H22N2O2S. The van der Waals surface area contributed by atoms with Crippen LogP contribution in [0.4, 0.5) is 0 Å². The Labute approximate surface area is 154 Å². The molecule has 0 amide bonds. The molecule has 0 aliphatic carbocycles. The molecule has 3 rings (SSSR count). The molecule has 0 aliphatic rings. The lowest BCUT2D eigenvalue weighted by molar-refractivity contribution is 0.504. The molecular weight excluding hydrogens is 344 g/mol. The molecule has 4 nitrogen and oxygen atoms in total. The number of sulfonamides is 1. The van der Waals surface area contributed by atoms with Gasteiger partial charge in [-0.05, 0) is 30.2 Å². The molecule has 0 saturated heterocycles. The predicted molar refractivity (Wildman–Crippen MR) is 104 cm³/mol. The topological polar surface area (TPSA) is 72.2 Å². The molecule has 5 heteroatoms. The normalized spacial score (nSPS) is 13.9. The van der Waals surface area contributed by atoms with E-state index in [9.17, 15) is 8.42 Å². The van der Waals surface area contributed by atoms with Crippen molar-refractivity contribution in [1.82, 2.24) is 4.72 Å². The number of hydrogen-bond acceptors (Lipinski definition) is 3. The summed E-state index contributed by atoms with van der Waals surface area (Å²) in [5.74, 6) is 0. The lowest BCUT2D eigenvalue weighted by atomic mass is 9.95. The van der Waals surface area contributed by atoms with Crippen molar-refractivity contribution in [3.8, 4) is 0 Å². The van der Waals surface area contributed by atoms with Crippen molar-refractivity contribution < 1.29 is 8.42 Å². The molecule has 26 heavy (non-hydrogen) atoms. The first-order valence-electron chi connectivity index (χ1n) is 8.42. The molecule has 0 saturated carbocycles. The number of nitrogens with one attached hydrogen (secondary N) is 1. The van der Waals surface area contributed by atoms with E-state index in [0.717, 1.165) is 16.7 Å². The van der Waals surface area contributed by atoms with E-state index in [-0.39, 0.29) is 4.90 Å². The standard InChI is InChI=1S/C21H22N2O2S/c1-16-12-14-19(15-13-16)26(24,25)23-21(18-10-6-3-7-11-18)20(22)17-8-4-2-5-9-17/h2-15,20-21,23H,22H2,1H3/t20-,21+/m1/s1. The summed E-state index contributed by atoms with van der Waals surface area (Å²) in [4.78, 5) is 0.226. The van der Waals surface area contributed by atoms with Gasteiger partial charge in [0.1, 0.15) is 0 Å². The molecule has 134 valence electrons. The first kappa shape index (κ1) is 18.3. The first-order valence-corrected chi connectivity index (χ1v) is 9.90. The van der Waals surface area contributed by atoms with Gasteiger partial charge in [0.05, 0.1) is 17.0 Å². The monoisotopic (exact) mass is 366 g/mol. The zero-order valence-electron chi connectivity index (χ0n) is 14.5. The second-order valence-corrected chi connectivity index (χ2v) is 7.97. The van der Waals surface area contributed by atoms with Crippen LogP contribution in [0.2, 0.25) is 0 Å². The fourth-order valence-corrected chi connectivity index (χ4v) is 4.08. The van der Waals surface area contributed by atoms with E-state index < -0.39 is 22.1 Å². The third-order valence-electron chi connectivity index (χ3n) is 4.32. The van der Waals surface area contributed by atoms with Gasteiger partial charge in [-0.2, -0.15) is 0 Å². The average Bonchev–Trinajstić information content (AvgIpc) is 2.67. The Bertz CT molecular complexity index is 940. The van der Waals surface area contributed by atoms with Gasteiger partial charge in [-0.15, -0.1) is 0 Å². The minimum absolute atomic E-state index is 0.226. The van der Waals surface area contributed by atoms with E-state index in [0.29, 0.717) is 0 Å². The number of benzene rings is 3. The Morgan fingerprint density at radius 1 is 0.769 bits per heavy atom. The second-order valence-electron chi connectivity index (χ2n) is 6.26. The highest BCUT2D eigenvalue weighted by Gasteiger charge is 2.27. The van der Waals surface area contributed by atoms with Gasteiger partial charge in [0.15, 0.2) is 0 Å². The highest BCUT2D eigenvalue weighted by atomic mass is 32.2. The predicted octanol–water partition coefficient (Wildman–Crippen LogP) is 3.71. The van der Waals surface area contributed by atoms with Crippen molar-refractivity contribution in [2.75, 3.05) is 0 Å². The summed E-state index contributed by atoms with van der Waals surface area (Å²) in [5, 5.41) is 0. The molecule has 0 aliphatic heterocycles. The third-order valence-corrected chi connectivity index (χ3v) is 5.77. The van der Waals surface area contributed by atoms with Crippen LogP contribution in [0.25, 0.3) is 0 Å². The molecule has 0 aromatic heterocycles. The Balaban J connectivity index is 1.97. The van der Waals surface area contributed by atoms with Crippen molar-refractivity contribution in [2.45, 2.75) is 23.9 Å². The highest BCUT2D eigenvalue weighted by molar-refractivity contribution is 7.89. The van der Waals surface area contributed by atoms with E-state index >= 15 is 0 Å². The van der Waals surface area contributed by atoms with Crippen LogP contribution in [0, 0.1) is 6.92 Å². The first-order chi connectivity index (χ1) is 12.5. The van der Waals surface area contributed by atoms with Crippen LogP contribution in [0.1, 0.15) is 28.8 Å². The van der Waals surface area contributed by atoms with Crippen molar-refractivity contribution in [3.05, 3.63) is 102 Å². The van der Waals surface area contributed by atoms with Gasteiger partial charge in [-0.25, -0.2) is 13.1 Å². The van der Waals surface area contributed by atoms with Crippen molar-refractivity contribution in [2.24, 2.45) is 5.73 Å². The van der Waals surface area contributed by atoms with Gasteiger partial charge < -0.3 is 5.73 Å². The molecule has 0 unspecified atom stereocenters. The number of rotatable bonds is 6. The summed E-state index contributed by atoms with van der Waals surface area (Å²) >= 11 is 0. The van der Waals surface area contributed by atoms with E-state index in [2.05, 4.69) is 4.72 Å². The van der Waals surface area contributed by atoms with Gasteiger partial charge >= 0.3 is 0 Å². The Morgan fingerprint density at radius 3 is 1.81 bits per heavy atom. The van der Waals surface area contributed by atoms with Crippen molar-refractivity contribution in [3.63, 3.8) is 0 Å². The average molecular weight is 366 g/mol. The fraction of sp³-hybridized carbons (Fsp3) is 0.143. The SMILES string of the molecule is Cc1ccc(S(=O)(=O)N[C@@H](c2ccccc2)[C@H](N)c2ccccc2)cc1. The molecule has 0 heterocycles. The Kier molecular flexibility index (Phi) is 5.52. The van der Waals surface area contributed by atoms with Gasteiger partial charge in [-0.1, -0.05) is 78.4 Å². The number of hydrogen-bond donors (Lipinski definition) is 2. The fourth-order valence-electron chi connectivity index (χ4n) is 2.83. The molecule has 2 atom stereocenters. The third kappa shape index (κ3) is 4.19. The van der Waals surface area contributed by atoms with Crippen LogP contribution in [0.3, 0.4) is 0 Å². The maximum Gasteiger partial charge on any atom is 0.241 e. The molecule has 3 N–H and O–H groups in total. The van der Waals surface area contributed by atoms with Gasteiger partial charge in [0.25, 0.3) is 0 Å². The summed E-state index contributed by atoms with van der Waals surface area (Å²) in [6, 6.07) is 24.6. The van der Waals surface area contributed by atoms with Gasteiger partial charge in [0.2, 0.25) is 10.0 Å². The molecule has 0 spiro atoms. The van der Waals surface area contributed by atoms with Gasteiger partial charge in [-0.3, -0.25) is 0 Å². The zero-order chi connectivity index (χ0) is 18.6. The highest BCUT2D eigenvalue weighted by Crippen LogP contribution is 2.28. The van der Waals surface area contributed by atoms with Crippen molar-refractivity contribution >= 4 is 10.0 Å². The largest absolute Gasteiger partial charge is 0.322 e. The number of nitrogens with two attached hydrogens (primary N) is 1. The summed E-state index contributed by atoms with van der Waals surface area (Å²) < 4.78 is 28.6. The minimum atomic E-state index is -3.71. The van der Waals surface area contributed by atoms with Gasteiger partial charge in [0, 0.05) is 0 Å². The summed E-state index contributed by atoms with van der Waals surface area (Å²) in [7, 11) is -3.71. The quantitative estimate of drug-likeness (QED) is 0.698. The van der Waals surface area contributed by atoms with E-state index in [1.807, 2.05) is 67.6 Å². The van der Waals surface area contributed by atoms with Crippen LogP contribution in [-0.4, -0.2) is 8.42 Å². The van der Waals surface area contributed by atoms with Crippen molar-refractivity contribution in [1.29, 1.82) is 0 Å². The van der Waals surface area contributed by atoms with Crippen LogP contribution >= 0.6 is 0 Å². The van der Waals surface area contributed by atoms with E-state index in [4.69, 9.17) is 5.73 Å². The van der Waals surface area contributed by atoms with Crippen LogP contribution in [0.15, 0.2) is 89.8 Å². The lowest BCUT2D eigenvalue weighted by Gasteiger charge is -2.26. The van der Waals surface area contributed by atoms with E-state index in [1.54, 1.807) is 24.3 Å². The maximum atomic E-state index is 12.9. The smallest absolute Gasteiger partial charge is 0.241 e. The van der Waals surface area contributed by atoms with Crippen LogP contribution in [-0.2, 0) is 10.0 Å². The maximum absolute atomic E-state index is 12.9. The second kappa shape index (κ2) is 7.83. The zero-order valence-corrected chi connectivity index (χ0v) is 15.4. The Hall–Kier alpha value is -2.47. The van der Waals surface area contributed by atoms with E-state index in [1.165, 1.54) is 0 Å². The summed E-state index contributed by atoms with van der Waals surface area (Å²) in [6.07, 6.45) is 0. The molecule has 3 aromatic carbocycles. The molecule has 0 radical (unpaired) electrons. The summed E-state index contributed by atoms with van der Waals surface area (Å²) in [5.41, 5.74) is 9.15. The molecule has 3 aromatic rings. The summed E-state index contributed by atoms with van der Waals surface area (Å²) in [6.45, 7) is 1.92. The number of aryl methyl sites for hydroxylation is 1. The van der Waals surface area contributed by atoms with Crippen LogP contribution in [0.5, 0.6) is 0 Å². The Morgan fingerprint density at radius 2 is 1.27 bits per heavy atom. The molecule has 0 bridgehead atoms. The molecule has 0 fully saturated rings.